The lowest BCUT2D eigenvalue weighted by Crippen LogP contribution is -2.54. The number of carbonyl (C=O) groups excluding carboxylic acids is 5. The molecule has 2 atom stereocenters. The van der Waals surface area contributed by atoms with E-state index in [-0.39, 0.29) is 36.2 Å². The van der Waals surface area contributed by atoms with Crippen molar-refractivity contribution in [3.8, 4) is 6.07 Å². The highest BCUT2D eigenvalue weighted by atomic mass is 19.4. The number of nitriles is 1. The number of hydrogen-bond acceptors (Lipinski definition) is 11. The van der Waals surface area contributed by atoms with E-state index in [0.717, 1.165) is 81.0 Å². The van der Waals surface area contributed by atoms with Crippen LogP contribution in [0.5, 0.6) is 0 Å². The third kappa shape index (κ3) is 7.82. The van der Waals surface area contributed by atoms with Crippen LogP contribution in [-0.4, -0.2) is 112 Å². The molecule has 15 nitrogen and oxygen atoms in total. The number of aromatic nitrogens is 2. The molecule has 294 valence electrons. The monoisotopic (exact) mass is 775 g/mol. The van der Waals surface area contributed by atoms with Gasteiger partial charge in [-0.15, -0.1) is 0 Å². The Hall–Kier alpha value is -5.80. The van der Waals surface area contributed by atoms with Crippen LogP contribution in [0.2, 0.25) is 0 Å². The Bertz CT molecular complexity index is 2110. The fourth-order valence-electron chi connectivity index (χ4n) is 7.79. The van der Waals surface area contributed by atoms with Crippen molar-refractivity contribution in [2.45, 2.75) is 57.0 Å². The van der Waals surface area contributed by atoms with Crippen molar-refractivity contribution in [1.82, 2.24) is 24.9 Å². The first-order valence-corrected chi connectivity index (χ1v) is 18.4. The lowest BCUT2D eigenvalue weighted by Gasteiger charge is -2.40. The summed E-state index contributed by atoms with van der Waals surface area (Å²) in [5, 5.41) is 28.8. The second kappa shape index (κ2) is 15.0. The molecule has 2 aromatic carbocycles. The van der Waals surface area contributed by atoms with Crippen molar-refractivity contribution in [1.29, 1.82) is 5.26 Å². The summed E-state index contributed by atoms with van der Waals surface area (Å²) in [4.78, 5) is 71.0. The number of nitrogens with one attached hydrogen (secondary N) is 2. The average Bonchev–Trinajstić information content (AvgIpc) is 3.72. The van der Waals surface area contributed by atoms with Crippen LogP contribution in [0.4, 0.5) is 30.2 Å². The zero-order valence-electron chi connectivity index (χ0n) is 30.5. The number of piperazine rings is 1. The smallest absolute Gasteiger partial charge is 0.378 e. The van der Waals surface area contributed by atoms with Crippen molar-refractivity contribution in [3.05, 3.63) is 71.0 Å². The number of hydrogen-bond donors (Lipinski definition) is 3. The van der Waals surface area contributed by atoms with Crippen molar-refractivity contribution >= 4 is 46.6 Å². The van der Waals surface area contributed by atoms with Gasteiger partial charge in [-0.1, -0.05) is 0 Å². The van der Waals surface area contributed by atoms with Gasteiger partial charge in [-0.2, -0.15) is 23.5 Å². The van der Waals surface area contributed by atoms with Gasteiger partial charge in [-0.25, -0.2) is 0 Å². The second-order valence-electron chi connectivity index (χ2n) is 14.9. The Balaban J connectivity index is 0.869. The minimum absolute atomic E-state index is 0.0627. The lowest BCUT2D eigenvalue weighted by atomic mass is 9.95. The molecule has 1 aromatic heterocycles. The molecule has 0 saturated carbocycles. The van der Waals surface area contributed by atoms with Gasteiger partial charge in [0.05, 0.1) is 46.8 Å². The van der Waals surface area contributed by atoms with Gasteiger partial charge in [0, 0.05) is 69.8 Å². The molecule has 56 heavy (non-hydrogen) atoms. The fourth-order valence-corrected chi connectivity index (χ4v) is 7.79. The number of alkyl halides is 3. The van der Waals surface area contributed by atoms with Gasteiger partial charge in [0.1, 0.15) is 6.04 Å². The van der Waals surface area contributed by atoms with Crippen LogP contribution in [-0.2, 0) is 27.1 Å². The van der Waals surface area contributed by atoms with E-state index < -0.39 is 58.5 Å². The van der Waals surface area contributed by atoms with Crippen LogP contribution in [0.15, 0.2) is 48.8 Å². The molecule has 4 aliphatic rings. The summed E-state index contributed by atoms with van der Waals surface area (Å²) in [7, 11) is 0. The van der Waals surface area contributed by atoms with Crippen molar-refractivity contribution in [2.24, 2.45) is 5.92 Å². The normalized spacial score (nSPS) is 20.8. The molecule has 0 bridgehead atoms. The van der Waals surface area contributed by atoms with Crippen LogP contribution < -0.4 is 20.4 Å². The number of carbonyl (C=O) groups is 5. The predicted molar refractivity (Wildman–Crippen MR) is 194 cm³/mol. The molecule has 1 unspecified atom stereocenters. The van der Waals surface area contributed by atoms with E-state index in [9.17, 15) is 42.3 Å². The third-order valence-electron chi connectivity index (χ3n) is 10.9. The molecule has 5 amide bonds. The van der Waals surface area contributed by atoms with Crippen LogP contribution in [0.25, 0.3) is 0 Å². The topological polar surface area (TPSA) is 184 Å². The van der Waals surface area contributed by atoms with Crippen molar-refractivity contribution in [3.63, 3.8) is 0 Å². The molecule has 4 aliphatic heterocycles. The van der Waals surface area contributed by atoms with Crippen LogP contribution >= 0.6 is 0 Å². The summed E-state index contributed by atoms with van der Waals surface area (Å²) in [5.74, 6) is -2.56. The number of nitrogens with zero attached hydrogens (tertiary/aromatic N) is 7. The molecule has 0 spiro atoms. The van der Waals surface area contributed by atoms with E-state index in [4.69, 9.17) is 5.26 Å². The average molecular weight is 776 g/mol. The van der Waals surface area contributed by atoms with Gasteiger partial charge in [0.25, 0.3) is 17.7 Å². The first kappa shape index (κ1) is 38.5. The summed E-state index contributed by atoms with van der Waals surface area (Å²) >= 11 is 0. The maximum atomic E-state index is 13.4. The van der Waals surface area contributed by atoms with Crippen molar-refractivity contribution in [2.75, 3.05) is 60.9 Å². The van der Waals surface area contributed by atoms with Crippen molar-refractivity contribution < 1.29 is 42.3 Å². The summed E-state index contributed by atoms with van der Waals surface area (Å²) < 4.78 is 41.5. The van der Waals surface area contributed by atoms with Gasteiger partial charge in [0.2, 0.25) is 11.8 Å². The predicted octanol–water partition coefficient (Wildman–Crippen LogP) is 2.60. The first-order valence-electron chi connectivity index (χ1n) is 18.4. The Morgan fingerprint density at radius 3 is 2.32 bits per heavy atom. The standard InChI is InChI=1S/C38H40F3N9O6/c1-37(56,36(55)44-25-3-2-24(18-42)30(16-25)38(39,40)41)22-49-21-27(19-43-49)47-10-8-23(9-11-47)20-46-12-14-48(15-13-46)26-4-5-28-29(17-26)35(54)50(34(28)53)31-6-7-32(51)45-33(31)52/h2-5,16-17,19,21,23,31,56H,6-15,20,22H2,1H3,(H,44,55)(H,45,51,52)/t31?,37-/m0/s1. The first-order chi connectivity index (χ1) is 26.6. The lowest BCUT2D eigenvalue weighted by molar-refractivity contribution is -0.138. The number of aliphatic hydroxyl groups is 1. The molecule has 5 heterocycles. The van der Waals surface area contributed by atoms with E-state index >= 15 is 0 Å². The third-order valence-corrected chi connectivity index (χ3v) is 10.9. The van der Waals surface area contributed by atoms with Crippen LogP contribution in [0.3, 0.4) is 0 Å². The Morgan fingerprint density at radius 2 is 1.64 bits per heavy atom. The molecule has 18 heteroatoms. The van der Waals surface area contributed by atoms with E-state index in [0.29, 0.717) is 12.0 Å². The summed E-state index contributed by atoms with van der Waals surface area (Å²) in [6, 6.07) is 8.46. The number of fused-ring (bicyclic) bond motifs is 1. The number of anilines is 3. The highest BCUT2D eigenvalue weighted by Crippen LogP contribution is 2.34. The summed E-state index contributed by atoms with van der Waals surface area (Å²) in [6.45, 7) is 6.61. The SMILES string of the molecule is C[C@](O)(Cn1cc(N2CCC(CN3CCN(c4ccc5c(c4)C(=O)N(C4CCC(=O)NC4=O)C5=O)CC3)CC2)cn1)C(=O)Nc1ccc(C#N)c(C(F)(F)F)c1. The van der Waals surface area contributed by atoms with Gasteiger partial charge in [0.15, 0.2) is 5.60 Å². The Labute approximate surface area is 319 Å². The van der Waals surface area contributed by atoms with Gasteiger partial charge < -0.3 is 20.2 Å². The van der Waals surface area contributed by atoms with Gasteiger partial charge >= 0.3 is 6.18 Å². The van der Waals surface area contributed by atoms with E-state index in [1.165, 1.54) is 23.7 Å². The summed E-state index contributed by atoms with van der Waals surface area (Å²) in [6.07, 6.45) is 0.637. The molecule has 7 rings (SSSR count). The quantitative estimate of drug-likeness (QED) is 0.272. The number of rotatable bonds is 9. The number of benzene rings is 2. The minimum atomic E-state index is -4.79. The maximum Gasteiger partial charge on any atom is 0.417 e. The minimum Gasteiger partial charge on any atom is -0.378 e. The van der Waals surface area contributed by atoms with Crippen LogP contribution in [0.1, 0.15) is 64.4 Å². The number of amides is 5. The largest absolute Gasteiger partial charge is 0.417 e. The molecule has 3 saturated heterocycles. The highest BCUT2D eigenvalue weighted by Gasteiger charge is 2.45. The fraction of sp³-hybridized carbons (Fsp3) is 0.447. The van der Waals surface area contributed by atoms with Gasteiger partial charge in [-0.3, -0.25) is 43.8 Å². The molecule has 3 fully saturated rings. The number of imide groups is 2. The molecule has 3 N–H and O–H groups in total. The molecular weight excluding hydrogens is 735 g/mol. The molecule has 0 radical (unpaired) electrons. The van der Waals surface area contributed by atoms with Gasteiger partial charge in [-0.05, 0) is 68.5 Å². The maximum absolute atomic E-state index is 13.4. The molecular formula is C38H40F3N9O6. The second-order valence-corrected chi connectivity index (χ2v) is 14.9. The zero-order chi connectivity index (χ0) is 39.9. The van der Waals surface area contributed by atoms with E-state index in [1.54, 1.807) is 24.5 Å². The Kier molecular flexibility index (Phi) is 10.3. The zero-order valence-corrected chi connectivity index (χ0v) is 30.5. The molecule has 3 aromatic rings. The summed E-state index contributed by atoms with van der Waals surface area (Å²) in [5.41, 5.74) is -1.81. The number of piperidine rings is 2. The molecule has 0 aliphatic carbocycles. The number of halogens is 3. The Morgan fingerprint density at radius 1 is 0.946 bits per heavy atom. The van der Waals surface area contributed by atoms with E-state index in [2.05, 4.69) is 30.4 Å². The highest BCUT2D eigenvalue weighted by molar-refractivity contribution is 6.23. The van der Waals surface area contributed by atoms with E-state index in [1.807, 2.05) is 6.07 Å². The van der Waals surface area contributed by atoms with Crippen LogP contribution in [0, 0.1) is 17.2 Å².